The average Bonchev–Trinajstić information content (AvgIpc) is 2.30. The van der Waals surface area contributed by atoms with Gasteiger partial charge in [-0.15, -0.1) is 0 Å². The van der Waals surface area contributed by atoms with Gasteiger partial charge >= 0.3 is 0 Å². The van der Waals surface area contributed by atoms with Crippen LogP contribution in [-0.2, 0) is 12.0 Å². The van der Waals surface area contributed by atoms with Gasteiger partial charge in [0.05, 0.1) is 5.60 Å². The summed E-state index contributed by atoms with van der Waals surface area (Å²) in [4.78, 5) is 0. The molecule has 17 heavy (non-hydrogen) atoms. The van der Waals surface area contributed by atoms with E-state index in [1.807, 2.05) is 36.4 Å². The maximum Gasteiger partial charge on any atom is 0.121 e. The Morgan fingerprint density at radius 2 is 1.53 bits per heavy atom. The second-order valence-electron chi connectivity index (χ2n) is 4.45. The van der Waals surface area contributed by atoms with E-state index in [9.17, 15) is 10.2 Å². The number of para-hydroxylation sites is 1. The van der Waals surface area contributed by atoms with Crippen molar-refractivity contribution < 1.29 is 10.2 Å². The van der Waals surface area contributed by atoms with Crippen LogP contribution in [-0.4, -0.2) is 10.2 Å². The van der Waals surface area contributed by atoms with E-state index in [1.54, 1.807) is 25.1 Å². The quantitative estimate of drug-likeness (QED) is 0.848. The molecule has 0 aromatic heterocycles. The van der Waals surface area contributed by atoms with Crippen molar-refractivity contribution in [1.29, 1.82) is 0 Å². The minimum absolute atomic E-state index is 0.133. The standard InChI is InChI=1S/C15H16O2/c1-15(17,11-12-7-3-2-4-8-12)13-9-5-6-10-14(13)16/h2-10,16-17H,11H2,1H3. The molecule has 2 rings (SSSR count). The number of phenolic OH excluding ortho intramolecular Hbond substituents is 1. The second-order valence-corrected chi connectivity index (χ2v) is 4.45. The molecule has 88 valence electrons. The van der Waals surface area contributed by atoms with Crippen molar-refractivity contribution in [2.75, 3.05) is 0 Å². The molecule has 2 aromatic rings. The van der Waals surface area contributed by atoms with Crippen LogP contribution >= 0.6 is 0 Å². The van der Waals surface area contributed by atoms with E-state index in [4.69, 9.17) is 0 Å². The van der Waals surface area contributed by atoms with Gasteiger partial charge in [0.25, 0.3) is 0 Å². The number of aliphatic hydroxyl groups is 1. The Bertz CT molecular complexity index is 489. The van der Waals surface area contributed by atoms with Crippen molar-refractivity contribution in [1.82, 2.24) is 0 Å². The first-order chi connectivity index (χ1) is 8.09. The molecule has 1 atom stereocenters. The number of phenols is 1. The van der Waals surface area contributed by atoms with Gasteiger partial charge in [-0.25, -0.2) is 0 Å². The molecule has 0 heterocycles. The van der Waals surface area contributed by atoms with E-state index in [2.05, 4.69) is 0 Å². The summed E-state index contributed by atoms with van der Waals surface area (Å²) in [5.74, 6) is 0.133. The molecule has 0 bridgehead atoms. The fourth-order valence-corrected chi connectivity index (χ4v) is 2.02. The van der Waals surface area contributed by atoms with Gasteiger partial charge in [-0.3, -0.25) is 0 Å². The number of rotatable bonds is 3. The lowest BCUT2D eigenvalue weighted by molar-refractivity contribution is 0.0551. The summed E-state index contributed by atoms with van der Waals surface area (Å²) in [5.41, 5.74) is 0.539. The Morgan fingerprint density at radius 1 is 0.941 bits per heavy atom. The third-order valence-corrected chi connectivity index (χ3v) is 2.88. The van der Waals surface area contributed by atoms with E-state index in [0.29, 0.717) is 12.0 Å². The molecule has 0 aliphatic heterocycles. The first-order valence-electron chi connectivity index (χ1n) is 5.64. The Hall–Kier alpha value is -1.80. The molecule has 0 amide bonds. The van der Waals surface area contributed by atoms with Crippen molar-refractivity contribution in [3.63, 3.8) is 0 Å². The fourth-order valence-electron chi connectivity index (χ4n) is 2.02. The Balaban J connectivity index is 2.28. The number of hydrogen-bond acceptors (Lipinski definition) is 2. The van der Waals surface area contributed by atoms with Crippen molar-refractivity contribution in [3.05, 3.63) is 65.7 Å². The van der Waals surface area contributed by atoms with Gasteiger partial charge < -0.3 is 10.2 Å². The van der Waals surface area contributed by atoms with Gasteiger partial charge in [-0.1, -0.05) is 48.5 Å². The summed E-state index contributed by atoms with van der Waals surface area (Å²) in [6.45, 7) is 1.72. The summed E-state index contributed by atoms with van der Waals surface area (Å²) in [6, 6.07) is 16.7. The van der Waals surface area contributed by atoms with E-state index in [1.165, 1.54) is 0 Å². The smallest absolute Gasteiger partial charge is 0.121 e. The van der Waals surface area contributed by atoms with Gasteiger partial charge in [0.15, 0.2) is 0 Å². The van der Waals surface area contributed by atoms with Crippen molar-refractivity contribution in [2.45, 2.75) is 18.9 Å². The molecule has 1 unspecified atom stereocenters. The number of benzene rings is 2. The average molecular weight is 228 g/mol. The van der Waals surface area contributed by atoms with E-state index in [-0.39, 0.29) is 5.75 Å². The molecule has 0 aliphatic rings. The van der Waals surface area contributed by atoms with Crippen molar-refractivity contribution >= 4 is 0 Å². The summed E-state index contributed by atoms with van der Waals surface area (Å²) in [5, 5.41) is 20.2. The first-order valence-corrected chi connectivity index (χ1v) is 5.64. The van der Waals surface area contributed by atoms with E-state index >= 15 is 0 Å². The topological polar surface area (TPSA) is 40.5 Å². The first kappa shape index (κ1) is 11.7. The maximum absolute atomic E-state index is 10.5. The highest BCUT2D eigenvalue weighted by Gasteiger charge is 2.26. The van der Waals surface area contributed by atoms with Crippen LogP contribution in [0.25, 0.3) is 0 Å². The van der Waals surface area contributed by atoms with E-state index < -0.39 is 5.60 Å². The third-order valence-electron chi connectivity index (χ3n) is 2.88. The normalized spacial score (nSPS) is 14.2. The molecule has 0 spiro atoms. The predicted octanol–water partition coefficient (Wildman–Crippen LogP) is 2.84. The minimum Gasteiger partial charge on any atom is -0.508 e. The molecule has 0 saturated carbocycles. The molecular formula is C15H16O2. The lowest BCUT2D eigenvalue weighted by Crippen LogP contribution is -2.24. The van der Waals surface area contributed by atoms with Crippen LogP contribution in [0.4, 0.5) is 0 Å². The predicted molar refractivity (Wildman–Crippen MR) is 67.8 cm³/mol. The van der Waals surface area contributed by atoms with Crippen molar-refractivity contribution in [3.8, 4) is 5.75 Å². The minimum atomic E-state index is -1.06. The van der Waals surface area contributed by atoms with Gasteiger partial charge in [0.2, 0.25) is 0 Å². The molecule has 0 saturated heterocycles. The summed E-state index contributed by atoms with van der Waals surface area (Å²) < 4.78 is 0. The SMILES string of the molecule is CC(O)(Cc1ccccc1)c1ccccc1O. The third kappa shape index (κ3) is 2.66. The summed E-state index contributed by atoms with van der Waals surface area (Å²) in [7, 11) is 0. The Labute approximate surface area is 101 Å². The Morgan fingerprint density at radius 3 is 2.18 bits per heavy atom. The zero-order valence-corrected chi connectivity index (χ0v) is 9.80. The molecular weight excluding hydrogens is 212 g/mol. The highest BCUT2D eigenvalue weighted by molar-refractivity contribution is 5.37. The lowest BCUT2D eigenvalue weighted by Gasteiger charge is -2.24. The highest BCUT2D eigenvalue weighted by Crippen LogP contribution is 2.31. The van der Waals surface area contributed by atoms with Crippen LogP contribution in [0, 0.1) is 0 Å². The largest absolute Gasteiger partial charge is 0.508 e. The van der Waals surface area contributed by atoms with Crippen LogP contribution < -0.4 is 0 Å². The zero-order valence-electron chi connectivity index (χ0n) is 9.80. The molecule has 2 aromatic carbocycles. The number of aromatic hydroxyl groups is 1. The second kappa shape index (κ2) is 4.60. The van der Waals surface area contributed by atoms with Crippen LogP contribution in [0.3, 0.4) is 0 Å². The fraction of sp³-hybridized carbons (Fsp3) is 0.200. The van der Waals surface area contributed by atoms with Crippen LogP contribution in [0.1, 0.15) is 18.1 Å². The monoisotopic (exact) mass is 228 g/mol. The molecule has 0 fully saturated rings. The van der Waals surface area contributed by atoms with Gasteiger partial charge in [-0.2, -0.15) is 0 Å². The molecule has 2 heteroatoms. The number of hydrogen-bond donors (Lipinski definition) is 2. The van der Waals surface area contributed by atoms with Gasteiger partial charge in [0.1, 0.15) is 5.75 Å². The van der Waals surface area contributed by atoms with Crippen LogP contribution in [0.2, 0.25) is 0 Å². The van der Waals surface area contributed by atoms with Gasteiger partial charge in [-0.05, 0) is 18.6 Å². The Kier molecular flexibility index (Phi) is 3.16. The molecule has 2 N–H and O–H groups in total. The zero-order chi connectivity index (χ0) is 12.3. The van der Waals surface area contributed by atoms with Gasteiger partial charge in [0, 0.05) is 12.0 Å². The summed E-state index contributed by atoms with van der Waals surface area (Å²) >= 11 is 0. The van der Waals surface area contributed by atoms with Crippen LogP contribution in [0.5, 0.6) is 5.75 Å². The molecule has 0 aliphatic carbocycles. The summed E-state index contributed by atoms with van der Waals surface area (Å²) in [6.07, 6.45) is 0.478. The molecule has 2 nitrogen and oxygen atoms in total. The maximum atomic E-state index is 10.5. The molecule has 0 radical (unpaired) electrons. The van der Waals surface area contributed by atoms with E-state index in [0.717, 1.165) is 5.56 Å². The lowest BCUT2D eigenvalue weighted by atomic mass is 9.88. The highest BCUT2D eigenvalue weighted by atomic mass is 16.3. The van der Waals surface area contributed by atoms with Crippen molar-refractivity contribution in [2.24, 2.45) is 0 Å². The van der Waals surface area contributed by atoms with Crippen LogP contribution in [0.15, 0.2) is 54.6 Å².